The van der Waals surface area contributed by atoms with Gasteiger partial charge in [-0.25, -0.2) is 0 Å². The highest BCUT2D eigenvalue weighted by Crippen LogP contribution is 2.24. The Labute approximate surface area is 85.7 Å². The zero-order valence-electron chi connectivity index (χ0n) is 9.12. The second-order valence-electron chi connectivity index (χ2n) is 3.86. The molecule has 1 aliphatic heterocycles. The van der Waals surface area contributed by atoms with Crippen LogP contribution >= 0.6 is 0 Å². The fourth-order valence-corrected chi connectivity index (χ4v) is 1.51. The minimum Gasteiger partial charge on any atom is -0.381 e. The van der Waals surface area contributed by atoms with E-state index in [1.807, 2.05) is 6.92 Å². The lowest BCUT2D eigenvalue weighted by Crippen LogP contribution is -2.46. The van der Waals surface area contributed by atoms with Gasteiger partial charge < -0.3 is 19.9 Å². The third-order valence-electron chi connectivity index (χ3n) is 2.80. The van der Waals surface area contributed by atoms with Gasteiger partial charge >= 0.3 is 0 Å². The molecule has 0 amide bonds. The molecule has 4 heteroatoms. The highest BCUT2D eigenvalue weighted by molar-refractivity contribution is 4.84. The van der Waals surface area contributed by atoms with Crippen molar-refractivity contribution in [1.82, 2.24) is 0 Å². The van der Waals surface area contributed by atoms with Crippen LogP contribution in [0.25, 0.3) is 0 Å². The summed E-state index contributed by atoms with van der Waals surface area (Å²) < 4.78 is 16.3. The van der Waals surface area contributed by atoms with E-state index in [0.717, 1.165) is 26.1 Å². The van der Waals surface area contributed by atoms with Crippen LogP contribution in [0.15, 0.2) is 0 Å². The van der Waals surface area contributed by atoms with E-state index in [0.29, 0.717) is 13.2 Å². The van der Waals surface area contributed by atoms with Crippen LogP contribution in [0.3, 0.4) is 0 Å². The van der Waals surface area contributed by atoms with Gasteiger partial charge in [-0.05, 0) is 6.92 Å². The Hall–Kier alpha value is -0.160. The van der Waals surface area contributed by atoms with E-state index in [1.165, 1.54) is 0 Å². The van der Waals surface area contributed by atoms with Crippen molar-refractivity contribution in [3.8, 4) is 0 Å². The van der Waals surface area contributed by atoms with Crippen molar-refractivity contribution >= 4 is 0 Å². The lowest BCUT2D eigenvalue weighted by Gasteiger charge is -2.36. The van der Waals surface area contributed by atoms with Crippen molar-refractivity contribution in [2.75, 3.05) is 33.5 Å². The molecule has 2 N–H and O–H groups in total. The molecular formula is C10H21NO3. The summed E-state index contributed by atoms with van der Waals surface area (Å²) in [5.41, 5.74) is 5.57. The third kappa shape index (κ3) is 3.20. The molecule has 84 valence electrons. The van der Waals surface area contributed by atoms with Gasteiger partial charge in [0.05, 0.1) is 18.3 Å². The normalized spacial score (nSPS) is 23.4. The first kappa shape index (κ1) is 11.9. The van der Waals surface area contributed by atoms with E-state index in [-0.39, 0.29) is 11.7 Å². The van der Waals surface area contributed by atoms with Crippen molar-refractivity contribution in [1.29, 1.82) is 0 Å². The van der Waals surface area contributed by atoms with Gasteiger partial charge in [-0.2, -0.15) is 0 Å². The quantitative estimate of drug-likeness (QED) is 0.709. The second-order valence-corrected chi connectivity index (χ2v) is 3.86. The molecule has 0 radical (unpaired) electrons. The summed E-state index contributed by atoms with van der Waals surface area (Å²) in [6, 6.07) is 0. The summed E-state index contributed by atoms with van der Waals surface area (Å²) in [4.78, 5) is 0. The molecule has 1 aliphatic rings. The predicted octanol–water partition coefficient (Wildman–Crippen LogP) is 0.546. The Bertz CT molecular complexity index is 157. The summed E-state index contributed by atoms with van der Waals surface area (Å²) in [6.07, 6.45) is 1.90. The van der Waals surface area contributed by atoms with Crippen molar-refractivity contribution in [2.24, 2.45) is 5.73 Å². The Morgan fingerprint density at radius 3 is 2.57 bits per heavy atom. The standard InChI is InChI=1S/C10H21NO3/c1-9(12-2)7-14-10(8-11)3-5-13-6-4-10/h9H,3-8,11H2,1-2H3. The molecule has 4 nitrogen and oxygen atoms in total. The molecule has 0 aromatic rings. The molecule has 0 bridgehead atoms. The fourth-order valence-electron chi connectivity index (χ4n) is 1.51. The Morgan fingerprint density at radius 2 is 2.07 bits per heavy atom. The molecule has 0 spiro atoms. The average molecular weight is 203 g/mol. The number of nitrogens with two attached hydrogens (primary N) is 1. The number of hydrogen-bond donors (Lipinski definition) is 1. The van der Waals surface area contributed by atoms with Crippen LogP contribution in [0.2, 0.25) is 0 Å². The van der Waals surface area contributed by atoms with Crippen molar-refractivity contribution < 1.29 is 14.2 Å². The van der Waals surface area contributed by atoms with Crippen molar-refractivity contribution in [2.45, 2.75) is 31.5 Å². The maximum atomic E-state index is 5.84. The zero-order valence-corrected chi connectivity index (χ0v) is 9.12. The van der Waals surface area contributed by atoms with Crippen molar-refractivity contribution in [3.05, 3.63) is 0 Å². The van der Waals surface area contributed by atoms with Crippen LogP contribution in [0.5, 0.6) is 0 Å². The summed E-state index contributed by atoms with van der Waals surface area (Å²) in [5.74, 6) is 0. The maximum Gasteiger partial charge on any atom is 0.0849 e. The summed E-state index contributed by atoms with van der Waals surface area (Å²) in [6.45, 7) is 4.65. The summed E-state index contributed by atoms with van der Waals surface area (Å²) >= 11 is 0. The van der Waals surface area contributed by atoms with Crippen molar-refractivity contribution in [3.63, 3.8) is 0 Å². The molecule has 1 unspecified atom stereocenters. The molecule has 1 heterocycles. The Kier molecular flexibility index (Phi) is 4.81. The summed E-state index contributed by atoms with van der Waals surface area (Å²) in [5, 5.41) is 0. The maximum absolute atomic E-state index is 5.84. The van der Waals surface area contributed by atoms with Gasteiger partial charge in [0.2, 0.25) is 0 Å². The first-order valence-corrected chi connectivity index (χ1v) is 5.17. The molecular weight excluding hydrogens is 182 g/mol. The minimum absolute atomic E-state index is 0.126. The fraction of sp³-hybridized carbons (Fsp3) is 1.00. The molecule has 1 saturated heterocycles. The molecule has 14 heavy (non-hydrogen) atoms. The first-order chi connectivity index (χ1) is 6.72. The lowest BCUT2D eigenvalue weighted by atomic mass is 9.94. The SMILES string of the molecule is COC(C)COC1(CN)CCOCC1. The van der Waals surface area contributed by atoms with E-state index >= 15 is 0 Å². The largest absolute Gasteiger partial charge is 0.381 e. The molecule has 1 atom stereocenters. The Balaban J connectivity index is 2.36. The smallest absolute Gasteiger partial charge is 0.0849 e. The van der Waals surface area contributed by atoms with Crippen LogP contribution in [0, 0.1) is 0 Å². The molecule has 0 aromatic carbocycles. The van der Waals surface area contributed by atoms with Gasteiger partial charge in [0.25, 0.3) is 0 Å². The van der Waals surface area contributed by atoms with Gasteiger partial charge in [0.15, 0.2) is 0 Å². The highest BCUT2D eigenvalue weighted by Gasteiger charge is 2.32. The minimum atomic E-state index is -0.176. The van der Waals surface area contributed by atoms with Gasteiger partial charge in [0.1, 0.15) is 0 Å². The Morgan fingerprint density at radius 1 is 1.43 bits per heavy atom. The van der Waals surface area contributed by atoms with Crippen LogP contribution < -0.4 is 5.73 Å². The first-order valence-electron chi connectivity index (χ1n) is 5.17. The van der Waals surface area contributed by atoms with E-state index in [9.17, 15) is 0 Å². The molecule has 0 saturated carbocycles. The van der Waals surface area contributed by atoms with Crippen LogP contribution in [0.4, 0.5) is 0 Å². The second kappa shape index (κ2) is 5.66. The number of hydrogen-bond acceptors (Lipinski definition) is 4. The molecule has 0 aliphatic carbocycles. The zero-order chi connectivity index (χ0) is 10.4. The van der Waals surface area contributed by atoms with Gasteiger partial charge in [-0.3, -0.25) is 0 Å². The van der Waals surface area contributed by atoms with Crippen LogP contribution in [0.1, 0.15) is 19.8 Å². The van der Waals surface area contributed by atoms with E-state index in [2.05, 4.69) is 0 Å². The average Bonchev–Trinajstić information content (AvgIpc) is 2.27. The van der Waals surface area contributed by atoms with Gasteiger partial charge in [-0.15, -0.1) is 0 Å². The predicted molar refractivity (Wildman–Crippen MR) is 54.3 cm³/mol. The van der Waals surface area contributed by atoms with E-state index in [1.54, 1.807) is 7.11 Å². The van der Waals surface area contributed by atoms with Crippen LogP contribution in [-0.4, -0.2) is 45.2 Å². The molecule has 1 rings (SSSR count). The van der Waals surface area contributed by atoms with E-state index < -0.39 is 0 Å². The summed E-state index contributed by atoms with van der Waals surface area (Å²) in [7, 11) is 1.69. The van der Waals surface area contributed by atoms with Crippen LogP contribution in [-0.2, 0) is 14.2 Å². The third-order valence-corrected chi connectivity index (χ3v) is 2.80. The van der Waals surface area contributed by atoms with Gasteiger partial charge in [-0.1, -0.05) is 0 Å². The lowest BCUT2D eigenvalue weighted by molar-refractivity contribution is -0.126. The number of rotatable bonds is 5. The molecule has 1 fully saturated rings. The topological polar surface area (TPSA) is 53.7 Å². The highest BCUT2D eigenvalue weighted by atomic mass is 16.5. The number of methoxy groups -OCH3 is 1. The number of ether oxygens (including phenoxy) is 3. The van der Waals surface area contributed by atoms with Gasteiger partial charge in [0, 0.05) is 39.7 Å². The molecule has 0 aromatic heterocycles. The van der Waals surface area contributed by atoms with E-state index in [4.69, 9.17) is 19.9 Å². The monoisotopic (exact) mass is 203 g/mol.